The third kappa shape index (κ3) is 2.84. The third-order valence-electron chi connectivity index (χ3n) is 6.08. The Morgan fingerprint density at radius 3 is 2.60 bits per heavy atom. The SMILES string of the molecule is CCOC(=O)c1cc2c3ccc(C)cc3c3c(N4CCOCC4)cccc3n2c1C. The molecule has 5 nitrogen and oxygen atoms in total. The van der Waals surface area contributed by atoms with E-state index in [-0.39, 0.29) is 5.97 Å². The van der Waals surface area contributed by atoms with Crippen molar-refractivity contribution in [3.8, 4) is 0 Å². The Balaban J connectivity index is 1.92. The normalized spacial score (nSPS) is 14.7. The van der Waals surface area contributed by atoms with Crippen LogP contribution >= 0.6 is 0 Å². The van der Waals surface area contributed by atoms with Crippen LogP contribution in [0.5, 0.6) is 0 Å². The van der Waals surface area contributed by atoms with Crippen LogP contribution < -0.4 is 4.90 Å². The van der Waals surface area contributed by atoms with Crippen LogP contribution in [-0.2, 0) is 9.47 Å². The highest BCUT2D eigenvalue weighted by atomic mass is 16.5. The van der Waals surface area contributed by atoms with Gasteiger partial charge in [-0.2, -0.15) is 0 Å². The minimum atomic E-state index is -0.267. The van der Waals surface area contributed by atoms with E-state index >= 15 is 0 Å². The van der Waals surface area contributed by atoms with Crippen molar-refractivity contribution in [2.24, 2.45) is 0 Å². The molecule has 0 radical (unpaired) electrons. The molecule has 1 aliphatic rings. The summed E-state index contributed by atoms with van der Waals surface area (Å²) < 4.78 is 13.1. The molecule has 2 aromatic heterocycles. The first-order valence-corrected chi connectivity index (χ1v) is 10.6. The summed E-state index contributed by atoms with van der Waals surface area (Å²) in [6, 6.07) is 15.0. The molecule has 0 spiro atoms. The largest absolute Gasteiger partial charge is 0.462 e. The molecule has 0 aliphatic carbocycles. The lowest BCUT2D eigenvalue weighted by molar-refractivity contribution is 0.0525. The molecule has 3 heterocycles. The molecule has 2 aromatic carbocycles. The molecule has 5 rings (SSSR count). The van der Waals surface area contributed by atoms with Crippen molar-refractivity contribution >= 4 is 38.8 Å². The van der Waals surface area contributed by atoms with E-state index in [2.05, 4.69) is 52.6 Å². The fraction of sp³-hybridized carbons (Fsp3) is 0.320. The number of anilines is 1. The zero-order chi connectivity index (χ0) is 20.8. The highest BCUT2D eigenvalue weighted by Gasteiger charge is 2.22. The fourth-order valence-corrected chi connectivity index (χ4v) is 4.68. The molecule has 1 aliphatic heterocycles. The van der Waals surface area contributed by atoms with Crippen LogP contribution in [0.3, 0.4) is 0 Å². The van der Waals surface area contributed by atoms with E-state index < -0.39 is 0 Å². The zero-order valence-corrected chi connectivity index (χ0v) is 17.7. The van der Waals surface area contributed by atoms with Gasteiger partial charge >= 0.3 is 5.97 Å². The minimum absolute atomic E-state index is 0.267. The number of hydrogen-bond donors (Lipinski definition) is 0. The summed E-state index contributed by atoms with van der Waals surface area (Å²) in [5, 5.41) is 3.58. The van der Waals surface area contributed by atoms with Gasteiger partial charge in [-0.3, -0.25) is 0 Å². The number of aromatic nitrogens is 1. The molecule has 0 saturated carbocycles. The van der Waals surface area contributed by atoms with Crippen LogP contribution in [0.4, 0.5) is 5.69 Å². The van der Waals surface area contributed by atoms with Gasteiger partial charge in [-0.15, -0.1) is 0 Å². The quantitative estimate of drug-likeness (QED) is 0.362. The van der Waals surface area contributed by atoms with Crippen molar-refractivity contribution in [3.05, 3.63) is 59.3 Å². The Morgan fingerprint density at radius 2 is 1.83 bits per heavy atom. The second-order valence-electron chi connectivity index (χ2n) is 7.90. The van der Waals surface area contributed by atoms with Crippen molar-refractivity contribution in [1.82, 2.24) is 4.40 Å². The van der Waals surface area contributed by atoms with Crippen LogP contribution in [0.1, 0.15) is 28.5 Å². The van der Waals surface area contributed by atoms with Crippen molar-refractivity contribution in [3.63, 3.8) is 0 Å². The first kappa shape index (κ1) is 18.9. The monoisotopic (exact) mass is 402 g/mol. The Bertz CT molecular complexity index is 1280. The van der Waals surface area contributed by atoms with Gasteiger partial charge < -0.3 is 18.8 Å². The molecule has 0 N–H and O–H groups in total. The number of rotatable bonds is 3. The van der Waals surface area contributed by atoms with Crippen molar-refractivity contribution in [1.29, 1.82) is 0 Å². The topological polar surface area (TPSA) is 43.2 Å². The molecule has 1 saturated heterocycles. The van der Waals surface area contributed by atoms with E-state index in [0.29, 0.717) is 12.2 Å². The summed E-state index contributed by atoms with van der Waals surface area (Å²) in [5.74, 6) is -0.267. The highest BCUT2D eigenvalue weighted by Crippen LogP contribution is 2.38. The number of pyridine rings is 1. The molecule has 0 bridgehead atoms. The maximum atomic E-state index is 12.6. The number of morpholine rings is 1. The predicted molar refractivity (Wildman–Crippen MR) is 121 cm³/mol. The lowest BCUT2D eigenvalue weighted by atomic mass is 10.0. The van der Waals surface area contributed by atoms with Crippen LogP contribution in [-0.4, -0.2) is 43.3 Å². The maximum absolute atomic E-state index is 12.6. The van der Waals surface area contributed by atoms with E-state index in [0.717, 1.165) is 48.4 Å². The van der Waals surface area contributed by atoms with Gasteiger partial charge in [0.05, 0.1) is 36.4 Å². The summed E-state index contributed by atoms with van der Waals surface area (Å²) in [6.07, 6.45) is 0. The standard InChI is InChI=1S/C25H26N2O3/c1-4-30-25(28)19-15-23-18-9-8-16(2)14-20(18)24-21(26-10-12-29-13-11-26)6-5-7-22(24)27(23)17(19)3/h5-9,14-15H,4,10-13H2,1-3H3. The molecule has 1 fully saturated rings. The minimum Gasteiger partial charge on any atom is -0.462 e. The second-order valence-corrected chi connectivity index (χ2v) is 7.90. The molecule has 30 heavy (non-hydrogen) atoms. The summed E-state index contributed by atoms with van der Waals surface area (Å²) >= 11 is 0. The molecular formula is C25H26N2O3. The van der Waals surface area contributed by atoms with Gasteiger partial charge in [0, 0.05) is 35.2 Å². The molecule has 0 unspecified atom stereocenters. The van der Waals surface area contributed by atoms with Crippen LogP contribution in [0, 0.1) is 13.8 Å². The number of ether oxygens (including phenoxy) is 2. The Hall–Kier alpha value is -3.05. The molecular weight excluding hydrogens is 376 g/mol. The molecule has 5 heteroatoms. The summed E-state index contributed by atoms with van der Waals surface area (Å²) in [7, 11) is 0. The lowest BCUT2D eigenvalue weighted by Gasteiger charge is -2.30. The summed E-state index contributed by atoms with van der Waals surface area (Å²) in [6.45, 7) is 9.57. The fourth-order valence-electron chi connectivity index (χ4n) is 4.68. The number of carbonyl (C=O) groups excluding carboxylic acids is 1. The van der Waals surface area contributed by atoms with Gasteiger partial charge in [0.25, 0.3) is 0 Å². The average Bonchev–Trinajstić information content (AvgIpc) is 3.11. The highest BCUT2D eigenvalue weighted by molar-refractivity contribution is 6.18. The van der Waals surface area contributed by atoms with Gasteiger partial charge in [-0.05, 0) is 44.4 Å². The number of fused-ring (bicyclic) bond motifs is 6. The maximum Gasteiger partial charge on any atom is 0.339 e. The number of carbonyl (C=O) groups is 1. The third-order valence-corrected chi connectivity index (χ3v) is 6.08. The Labute approximate surface area is 175 Å². The van der Waals surface area contributed by atoms with Crippen LogP contribution in [0.2, 0.25) is 0 Å². The Morgan fingerprint density at radius 1 is 1.03 bits per heavy atom. The van der Waals surface area contributed by atoms with E-state index in [4.69, 9.17) is 9.47 Å². The van der Waals surface area contributed by atoms with Gasteiger partial charge in [0.1, 0.15) is 0 Å². The van der Waals surface area contributed by atoms with Crippen molar-refractivity contribution in [2.75, 3.05) is 37.8 Å². The molecule has 0 atom stereocenters. The zero-order valence-electron chi connectivity index (χ0n) is 17.7. The number of nitrogens with zero attached hydrogens (tertiary/aromatic N) is 2. The second kappa shape index (κ2) is 7.33. The molecule has 154 valence electrons. The van der Waals surface area contributed by atoms with E-state index in [9.17, 15) is 4.79 Å². The van der Waals surface area contributed by atoms with Gasteiger partial charge in [0.15, 0.2) is 0 Å². The number of hydrogen-bond acceptors (Lipinski definition) is 4. The first-order chi connectivity index (χ1) is 14.6. The average molecular weight is 402 g/mol. The summed E-state index contributed by atoms with van der Waals surface area (Å²) in [5.41, 5.74) is 6.13. The Kier molecular flexibility index (Phi) is 4.63. The van der Waals surface area contributed by atoms with Gasteiger partial charge in [-0.25, -0.2) is 4.79 Å². The molecule has 0 amide bonds. The van der Waals surface area contributed by atoms with E-state index in [1.807, 2.05) is 19.9 Å². The molecule has 4 aromatic rings. The number of aryl methyl sites for hydroxylation is 2. The van der Waals surface area contributed by atoms with Crippen molar-refractivity contribution < 1.29 is 14.3 Å². The van der Waals surface area contributed by atoms with Gasteiger partial charge in [0.2, 0.25) is 0 Å². The first-order valence-electron chi connectivity index (χ1n) is 10.6. The van der Waals surface area contributed by atoms with Crippen LogP contribution in [0.15, 0.2) is 42.5 Å². The smallest absolute Gasteiger partial charge is 0.339 e. The van der Waals surface area contributed by atoms with E-state index in [1.54, 1.807) is 0 Å². The van der Waals surface area contributed by atoms with Crippen LogP contribution in [0.25, 0.3) is 27.2 Å². The predicted octanol–water partition coefficient (Wildman–Crippen LogP) is 4.88. The number of benzene rings is 2. The van der Waals surface area contributed by atoms with Crippen molar-refractivity contribution in [2.45, 2.75) is 20.8 Å². The lowest BCUT2D eigenvalue weighted by Crippen LogP contribution is -2.36. The summed E-state index contributed by atoms with van der Waals surface area (Å²) in [4.78, 5) is 15.0. The number of esters is 1. The van der Waals surface area contributed by atoms with Gasteiger partial charge in [-0.1, -0.05) is 29.8 Å². The van der Waals surface area contributed by atoms with E-state index in [1.165, 1.54) is 22.0 Å².